The van der Waals surface area contributed by atoms with Crippen molar-refractivity contribution >= 4 is 33.6 Å². The normalized spacial score (nSPS) is 19.6. The van der Waals surface area contributed by atoms with E-state index in [4.69, 9.17) is 16.3 Å². The smallest absolute Gasteiger partial charge is 0.410 e. The van der Waals surface area contributed by atoms with Crippen LogP contribution >= 0.6 is 11.6 Å². The molecule has 0 spiro atoms. The molecule has 0 aliphatic carbocycles. The van der Waals surface area contributed by atoms with Gasteiger partial charge in [-0.1, -0.05) is 17.7 Å². The molecule has 1 saturated heterocycles. The Bertz CT molecular complexity index is 733. The van der Waals surface area contributed by atoms with Gasteiger partial charge in [-0.3, -0.25) is 4.72 Å². The number of carbonyl (C=O) groups excluding carboxylic acids is 1. The average Bonchev–Trinajstić information content (AvgIpc) is 2.44. The van der Waals surface area contributed by atoms with Crippen molar-refractivity contribution in [1.82, 2.24) is 9.21 Å². The van der Waals surface area contributed by atoms with Crippen LogP contribution in [-0.2, 0) is 14.9 Å². The molecule has 1 heterocycles. The highest BCUT2D eigenvalue weighted by Crippen LogP contribution is 2.20. The van der Waals surface area contributed by atoms with Gasteiger partial charge in [-0.2, -0.15) is 12.7 Å². The zero-order chi connectivity index (χ0) is 18.8. The van der Waals surface area contributed by atoms with Gasteiger partial charge in [0.15, 0.2) is 0 Å². The van der Waals surface area contributed by atoms with Crippen molar-refractivity contribution in [1.29, 1.82) is 0 Å². The van der Waals surface area contributed by atoms with Crippen LogP contribution in [-0.4, -0.2) is 55.0 Å². The first-order valence-electron chi connectivity index (χ1n) is 8.01. The largest absolute Gasteiger partial charge is 0.444 e. The summed E-state index contributed by atoms with van der Waals surface area (Å²) in [5, 5.41) is 0.448. The van der Waals surface area contributed by atoms with Crippen LogP contribution in [0.15, 0.2) is 24.3 Å². The molecular weight excluding hydrogens is 366 g/mol. The van der Waals surface area contributed by atoms with Crippen LogP contribution in [0.5, 0.6) is 0 Å². The Hall–Kier alpha value is -1.51. The lowest BCUT2D eigenvalue weighted by Gasteiger charge is -2.39. The second kappa shape index (κ2) is 7.39. The fourth-order valence-electron chi connectivity index (χ4n) is 2.50. The lowest BCUT2D eigenvalue weighted by atomic mass is 10.2. The molecule has 0 aromatic heterocycles. The molecule has 1 fully saturated rings. The lowest BCUT2D eigenvalue weighted by molar-refractivity contribution is 0.00863. The second-order valence-corrected chi connectivity index (χ2v) is 9.11. The Balaban J connectivity index is 2.03. The monoisotopic (exact) mass is 389 g/mol. The van der Waals surface area contributed by atoms with E-state index < -0.39 is 21.9 Å². The Kier molecular flexibility index (Phi) is 5.86. The predicted octanol–water partition coefficient (Wildman–Crippen LogP) is 2.94. The highest BCUT2D eigenvalue weighted by molar-refractivity contribution is 7.90. The summed E-state index contributed by atoms with van der Waals surface area (Å²) in [6.45, 7) is 7.84. The van der Waals surface area contributed by atoms with Crippen molar-refractivity contribution in [2.24, 2.45) is 0 Å². The number of carbonyl (C=O) groups is 1. The molecule has 1 aliphatic rings. The Morgan fingerprint density at radius 2 is 2.00 bits per heavy atom. The number of ether oxygens (including phenoxy) is 1. The Labute approximate surface area is 154 Å². The summed E-state index contributed by atoms with van der Waals surface area (Å²) in [5.74, 6) is 0. The van der Waals surface area contributed by atoms with E-state index in [-0.39, 0.29) is 25.7 Å². The minimum atomic E-state index is -3.72. The van der Waals surface area contributed by atoms with Gasteiger partial charge < -0.3 is 9.64 Å². The zero-order valence-electron chi connectivity index (χ0n) is 14.8. The van der Waals surface area contributed by atoms with Crippen LogP contribution < -0.4 is 4.72 Å². The molecule has 1 N–H and O–H groups in total. The van der Waals surface area contributed by atoms with Gasteiger partial charge in [0.05, 0.1) is 5.69 Å². The first-order chi connectivity index (χ1) is 11.5. The summed E-state index contributed by atoms with van der Waals surface area (Å²) in [6, 6.07) is 6.22. The highest BCUT2D eigenvalue weighted by atomic mass is 35.5. The van der Waals surface area contributed by atoms with Gasteiger partial charge in [-0.05, 0) is 45.9 Å². The van der Waals surface area contributed by atoms with Gasteiger partial charge in [0.25, 0.3) is 0 Å². The molecule has 25 heavy (non-hydrogen) atoms. The van der Waals surface area contributed by atoms with E-state index >= 15 is 0 Å². The molecule has 140 valence electrons. The van der Waals surface area contributed by atoms with E-state index in [1.165, 1.54) is 4.31 Å². The summed E-state index contributed by atoms with van der Waals surface area (Å²) in [6.07, 6.45) is -0.431. The third-order valence-electron chi connectivity index (χ3n) is 3.63. The summed E-state index contributed by atoms with van der Waals surface area (Å²) in [7, 11) is -3.72. The number of benzene rings is 1. The van der Waals surface area contributed by atoms with Crippen LogP contribution in [0.1, 0.15) is 27.7 Å². The molecule has 0 bridgehead atoms. The van der Waals surface area contributed by atoms with Crippen molar-refractivity contribution in [2.75, 3.05) is 24.4 Å². The maximum Gasteiger partial charge on any atom is 0.410 e. The summed E-state index contributed by atoms with van der Waals surface area (Å²) >= 11 is 5.88. The minimum absolute atomic E-state index is 0.190. The molecular formula is C16H24ClN3O4S. The third-order valence-corrected chi connectivity index (χ3v) is 5.37. The number of halogens is 1. The van der Waals surface area contributed by atoms with Crippen molar-refractivity contribution in [3.63, 3.8) is 0 Å². The number of nitrogens with one attached hydrogen (secondary N) is 1. The van der Waals surface area contributed by atoms with E-state index in [1.54, 1.807) is 56.9 Å². The number of hydrogen-bond acceptors (Lipinski definition) is 4. The fraction of sp³-hybridized carbons (Fsp3) is 0.562. The fourth-order valence-corrected chi connectivity index (χ4v) is 3.98. The van der Waals surface area contributed by atoms with Crippen LogP contribution in [0.4, 0.5) is 10.5 Å². The molecule has 1 aliphatic heterocycles. The summed E-state index contributed by atoms with van der Waals surface area (Å²) in [5.41, 5.74) is -0.191. The number of rotatable bonds is 3. The molecule has 0 unspecified atom stereocenters. The first-order valence-corrected chi connectivity index (χ1v) is 9.83. The van der Waals surface area contributed by atoms with Crippen LogP contribution in [0, 0.1) is 0 Å². The number of amides is 1. The van der Waals surface area contributed by atoms with Gasteiger partial charge in [-0.15, -0.1) is 0 Å². The molecule has 0 radical (unpaired) electrons. The average molecular weight is 390 g/mol. The molecule has 2 rings (SSSR count). The highest BCUT2D eigenvalue weighted by Gasteiger charge is 2.35. The Morgan fingerprint density at radius 1 is 1.32 bits per heavy atom. The van der Waals surface area contributed by atoms with Crippen LogP contribution in [0.3, 0.4) is 0 Å². The minimum Gasteiger partial charge on any atom is -0.444 e. The van der Waals surface area contributed by atoms with E-state index in [0.717, 1.165) is 0 Å². The van der Waals surface area contributed by atoms with E-state index in [9.17, 15) is 13.2 Å². The second-order valence-electron chi connectivity index (χ2n) is 7.00. The van der Waals surface area contributed by atoms with Crippen molar-refractivity contribution < 1.29 is 17.9 Å². The summed E-state index contributed by atoms with van der Waals surface area (Å²) in [4.78, 5) is 13.8. The molecule has 7 nitrogen and oxygen atoms in total. The number of piperazine rings is 1. The molecule has 0 saturated carbocycles. The molecule has 1 aromatic carbocycles. The van der Waals surface area contributed by atoms with Crippen LogP contribution in [0.2, 0.25) is 5.02 Å². The SMILES string of the molecule is C[C@H]1CN(S(=O)(=O)Nc2cccc(Cl)c2)CCN1C(=O)OC(C)(C)C. The third kappa shape index (κ3) is 5.49. The summed E-state index contributed by atoms with van der Waals surface area (Å²) < 4.78 is 34.3. The number of anilines is 1. The number of hydrogen-bond donors (Lipinski definition) is 1. The van der Waals surface area contributed by atoms with Gasteiger partial charge in [0, 0.05) is 30.7 Å². The molecule has 1 atom stereocenters. The van der Waals surface area contributed by atoms with E-state index in [1.807, 2.05) is 0 Å². The van der Waals surface area contributed by atoms with E-state index in [0.29, 0.717) is 10.7 Å². The first kappa shape index (κ1) is 19.8. The van der Waals surface area contributed by atoms with Gasteiger partial charge in [-0.25, -0.2) is 4.79 Å². The maximum atomic E-state index is 12.6. The van der Waals surface area contributed by atoms with Crippen molar-refractivity contribution in [3.05, 3.63) is 29.3 Å². The Morgan fingerprint density at radius 3 is 2.56 bits per heavy atom. The van der Waals surface area contributed by atoms with Crippen LogP contribution in [0.25, 0.3) is 0 Å². The standard InChI is InChI=1S/C16H24ClN3O4S/c1-12-11-19(8-9-20(12)15(21)24-16(2,3)4)25(22,23)18-14-7-5-6-13(17)10-14/h5-7,10,12,18H,8-9,11H2,1-4H3/t12-/m0/s1. The lowest BCUT2D eigenvalue weighted by Crippen LogP contribution is -2.57. The topological polar surface area (TPSA) is 79.0 Å². The predicted molar refractivity (Wildman–Crippen MR) is 98.0 cm³/mol. The zero-order valence-corrected chi connectivity index (χ0v) is 16.4. The van der Waals surface area contributed by atoms with Crippen molar-refractivity contribution in [2.45, 2.75) is 39.3 Å². The number of nitrogens with zero attached hydrogens (tertiary/aromatic N) is 2. The molecule has 1 amide bonds. The van der Waals surface area contributed by atoms with Gasteiger partial charge >= 0.3 is 16.3 Å². The quantitative estimate of drug-likeness (QED) is 0.861. The maximum absolute atomic E-state index is 12.6. The molecule has 9 heteroatoms. The van der Waals surface area contributed by atoms with Gasteiger partial charge in [0.2, 0.25) is 0 Å². The van der Waals surface area contributed by atoms with E-state index in [2.05, 4.69) is 4.72 Å². The van der Waals surface area contributed by atoms with Gasteiger partial charge in [0.1, 0.15) is 5.60 Å². The molecule has 1 aromatic rings. The van der Waals surface area contributed by atoms with Crippen molar-refractivity contribution in [3.8, 4) is 0 Å².